The first-order valence-corrected chi connectivity index (χ1v) is 7.48. The summed E-state index contributed by atoms with van der Waals surface area (Å²) in [4.78, 5) is 17.2. The molecule has 22 heavy (non-hydrogen) atoms. The van der Waals surface area contributed by atoms with Gasteiger partial charge in [-0.3, -0.25) is 4.79 Å². The van der Waals surface area contributed by atoms with E-state index < -0.39 is 11.7 Å². The maximum absolute atomic E-state index is 13.1. The zero-order valence-electron chi connectivity index (χ0n) is 12.5. The number of alkyl halides is 3. The first-order chi connectivity index (χ1) is 10.4. The third-order valence-electron chi connectivity index (χ3n) is 3.66. The highest BCUT2D eigenvalue weighted by atomic mass is 19.4. The third kappa shape index (κ3) is 4.11. The number of carbonyl (C=O) groups excluding carboxylic acids is 1. The van der Waals surface area contributed by atoms with Crippen LogP contribution in [-0.2, 0) is 11.0 Å². The summed E-state index contributed by atoms with van der Waals surface area (Å²) in [6, 6.07) is 2.20. The van der Waals surface area contributed by atoms with Gasteiger partial charge in [-0.05, 0) is 31.4 Å². The normalized spacial score (nSPS) is 19.1. The summed E-state index contributed by atoms with van der Waals surface area (Å²) < 4.78 is 39.2. The molecule has 0 aliphatic carbocycles. The molecule has 1 fully saturated rings. The average molecular weight is 315 g/mol. The number of rotatable bonds is 4. The van der Waals surface area contributed by atoms with Crippen molar-refractivity contribution in [3.8, 4) is 0 Å². The molecular formula is C15H20F3N3O. The summed E-state index contributed by atoms with van der Waals surface area (Å²) in [7, 11) is 0. The van der Waals surface area contributed by atoms with Crippen molar-refractivity contribution in [1.82, 2.24) is 10.3 Å². The molecule has 2 rings (SSSR count). The Labute approximate surface area is 127 Å². The van der Waals surface area contributed by atoms with Gasteiger partial charge in [-0.2, -0.15) is 13.2 Å². The molecule has 0 aromatic carbocycles. The summed E-state index contributed by atoms with van der Waals surface area (Å²) in [6.45, 7) is 2.78. The van der Waals surface area contributed by atoms with Gasteiger partial charge in [0, 0.05) is 31.7 Å². The molecule has 1 aliphatic heterocycles. The molecule has 0 saturated carbocycles. The number of hydrogen-bond acceptors (Lipinski definition) is 3. The number of piperidine rings is 1. The molecule has 2 heterocycles. The van der Waals surface area contributed by atoms with Crippen LogP contribution < -0.4 is 10.2 Å². The lowest BCUT2D eigenvalue weighted by atomic mass is 10.0. The highest BCUT2D eigenvalue weighted by molar-refractivity contribution is 5.76. The van der Waals surface area contributed by atoms with Crippen molar-refractivity contribution in [2.45, 2.75) is 44.8 Å². The molecule has 1 atom stereocenters. The van der Waals surface area contributed by atoms with Crippen molar-refractivity contribution in [3.63, 3.8) is 0 Å². The zero-order valence-corrected chi connectivity index (χ0v) is 12.5. The lowest BCUT2D eigenvalue weighted by Crippen LogP contribution is -2.48. The molecule has 4 nitrogen and oxygen atoms in total. The van der Waals surface area contributed by atoms with E-state index >= 15 is 0 Å². The average Bonchev–Trinajstić information content (AvgIpc) is 2.47. The molecule has 7 heteroatoms. The lowest BCUT2D eigenvalue weighted by Gasteiger charge is -2.35. The Morgan fingerprint density at radius 1 is 1.50 bits per heavy atom. The van der Waals surface area contributed by atoms with E-state index in [4.69, 9.17) is 0 Å². The molecule has 0 radical (unpaired) electrons. The fourth-order valence-corrected chi connectivity index (χ4v) is 2.68. The van der Waals surface area contributed by atoms with Crippen molar-refractivity contribution >= 4 is 11.7 Å². The molecule has 1 aliphatic rings. The van der Waals surface area contributed by atoms with E-state index in [1.807, 2.05) is 6.92 Å². The molecule has 122 valence electrons. The zero-order chi connectivity index (χ0) is 16.2. The van der Waals surface area contributed by atoms with Crippen LogP contribution in [0.2, 0.25) is 0 Å². The molecule has 1 aromatic heterocycles. The van der Waals surface area contributed by atoms with Gasteiger partial charge in [0.05, 0.1) is 5.56 Å². The Bertz CT molecular complexity index is 519. The Kier molecular flexibility index (Phi) is 5.26. The number of nitrogens with one attached hydrogen (secondary N) is 1. The standard InChI is InChI=1S/C15H20F3N3O/c1-2-5-13(22)20-11-6-4-9-21(10-11)14-12(15(16,17)18)7-3-8-19-14/h3,7-8,11H,2,4-6,9-10H2,1H3,(H,20,22). The van der Waals surface area contributed by atoms with E-state index in [0.29, 0.717) is 19.5 Å². The van der Waals surface area contributed by atoms with E-state index in [0.717, 1.165) is 25.3 Å². The largest absolute Gasteiger partial charge is 0.419 e. The Hall–Kier alpha value is -1.79. The molecule has 1 saturated heterocycles. The van der Waals surface area contributed by atoms with Gasteiger partial charge in [-0.25, -0.2) is 4.98 Å². The van der Waals surface area contributed by atoms with Gasteiger partial charge >= 0.3 is 6.18 Å². The van der Waals surface area contributed by atoms with Crippen molar-refractivity contribution in [3.05, 3.63) is 23.9 Å². The van der Waals surface area contributed by atoms with E-state index in [2.05, 4.69) is 10.3 Å². The van der Waals surface area contributed by atoms with Crippen LogP contribution in [0.25, 0.3) is 0 Å². The SMILES string of the molecule is CCCC(=O)NC1CCCN(c2ncccc2C(F)(F)F)C1. The summed E-state index contributed by atoms with van der Waals surface area (Å²) in [5, 5.41) is 2.89. The quantitative estimate of drug-likeness (QED) is 0.929. The van der Waals surface area contributed by atoms with Crippen molar-refractivity contribution in [2.24, 2.45) is 0 Å². The molecule has 1 N–H and O–H groups in total. The van der Waals surface area contributed by atoms with Gasteiger partial charge in [-0.15, -0.1) is 0 Å². The molecule has 0 bridgehead atoms. The fourth-order valence-electron chi connectivity index (χ4n) is 2.68. The predicted molar refractivity (Wildman–Crippen MR) is 77.5 cm³/mol. The number of hydrogen-bond donors (Lipinski definition) is 1. The maximum Gasteiger partial charge on any atom is 0.419 e. The van der Waals surface area contributed by atoms with Crippen molar-refractivity contribution < 1.29 is 18.0 Å². The van der Waals surface area contributed by atoms with Crippen molar-refractivity contribution in [2.75, 3.05) is 18.0 Å². The number of nitrogens with zero attached hydrogens (tertiary/aromatic N) is 2. The minimum Gasteiger partial charge on any atom is -0.354 e. The Morgan fingerprint density at radius 2 is 2.27 bits per heavy atom. The summed E-state index contributed by atoms with van der Waals surface area (Å²) in [5.74, 6) is -0.101. The minimum atomic E-state index is -4.43. The first-order valence-electron chi connectivity index (χ1n) is 7.48. The molecule has 1 amide bonds. The topological polar surface area (TPSA) is 45.2 Å². The van der Waals surface area contributed by atoms with Crippen LogP contribution in [0.15, 0.2) is 18.3 Å². The van der Waals surface area contributed by atoms with Crippen LogP contribution in [0.4, 0.5) is 19.0 Å². The molecular weight excluding hydrogens is 295 g/mol. The van der Waals surface area contributed by atoms with Gasteiger partial charge in [0.25, 0.3) is 0 Å². The van der Waals surface area contributed by atoms with Gasteiger partial charge < -0.3 is 10.2 Å². The van der Waals surface area contributed by atoms with Crippen LogP contribution in [0.3, 0.4) is 0 Å². The highest BCUT2D eigenvalue weighted by Crippen LogP contribution is 2.35. The number of amides is 1. The molecule has 1 unspecified atom stereocenters. The van der Waals surface area contributed by atoms with Crippen LogP contribution in [0.5, 0.6) is 0 Å². The van der Waals surface area contributed by atoms with E-state index in [-0.39, 0.29) is 17.8 Å². The Balaban J connectivity index is 2.11. The summed E-state index contributed by atoms with van der Waals surface area (Å²) >= 11 is 0. The second-order valence-electron chi connectivity index (χ2n) is 5.48. The number of anilines is 1. The van der Waals surface area contributed by atoms with Crippen molar-refractivity contribution in [1.29, 1.82) is 0 Å². The molecule has 1 aromatic rings. The fraction of sp³-hybridized carbons (Fsp3) is 0.600. The number of pyridine rings is 1. The van der Waals surface area contributed by atoms with Crippen LogP contribution in [0, 0.1) is 0 Å². The second kappa shape index (κ2) is 6.98. The first kappa shape index (κ1) is 16.6. The van der Waals surface area contributed by atoms with E-state index in [1.54, 1.807) is 4.90 Å². The number of aromatic nitrogens is 1. The van der Waals surface area contributed by atoms with Crippen LogP contribution in [-0.4, -0.2) is 30.0 Å². The number of halogens is 3. The van der Waals surface area contributed by atoms with Crippen LogP contribution in [0.1, 0.15) is 38.2 Å². The van der Waals surface area contributed by atoms with E-state index in [9.17, 15) is 18.0 Å². The second-order valence-corrected chi connectivity index (χ2v) is 5.48. The van der Waals surface area contributed by atoms with Gasteiger partial charge in [-0.1, -0.05) is 6.92 Å². The monoisotopic (exact) mass is 315 g/mol. The van der Waals surface area contributed by atoms with Crippen LogP contribution >= 0.6 is 0 Å². The third-order valence-corrected chi connectivity index (χ3v) is 3.66. The van der Waals surface area contributed by atoms with Gasteiger partial charge in [0.15, 0.2) is 0 Å². The lowest BCUT2D eigenvalue weighted by molar-refractivity contribution is -0.137. The molecule has 0 spiro atoms. The predicted octanol–water partition coefficient (Wildman–Crippen LogP) is 2.99. The van der Waals surface area contributed by atoms with Gasteiger partial charge in [0.1, 0.15) is 5.82 Å². The summed E-state index contributed by atoms with van der Waals surface area (Å²) in [5.41, 5.74) is -0.726. The summed E-state index contributed by atoms with van der Waals surface area (Å²) in [6.07, 6.45) is -0.369. The van der Waals surface area contributed by atoms with E-state index in [1.165, 1.54) is 12.3 Å². The smallest absolute Gasteiger partial charge is 0.354 e. The Morgan fingerprint density at radius 3 is 2.95 bits per heavy atom. The highest BCUT2D eigenvalue weighted by Gasteiger charge is 2.36. The van der Waals surface area contributed by atoms with Gasteiger partial charge in [0.2, 0.25) is 5.91 Å². The minimum absolute atomic E-state index is 0.0496. The number of carbonyl (C=O) groups is 1. The maximum atomic E-state index is 13.1.